The van der Waals surface area contributed by atoms with E-state index in [4.69, 9.17) is 10.2 Å². The molecule has 37 heavy (non-hydrogen) atoms. The standard InChI is InChI=1S/C27H48.C7H6O3/c1-19(2)9-8-10-20(3)23-14-15-24-22-13-12-21-11-6-7-17-26(21,4)25(22)16-18-27(23,24)5;8-6-3-1-5(2-4-6)7(9)10/h19-25H,6-18H2,1-5H3;1-4,8H,(H,9,10)/t20?,21?,22-,23+,24-,25-,26-,27+;/m0./s1. The summed E-state index contributed by atoms with van der Waals surface area (Å²) in [5, 5.41) is 17.1. The highest BCUT2D eigenvalue weighted by Gasteiger charge is 2.60. The molecule has 0 radical (unpaired) electrons. The number of aromatic hydroxyl groups is 1. The predicted octanol–water partition coefficient (Wildman–Crippen LogP) is 9.59. The van der Waals surface area contributed by atoms with E-state index in [1.54, 1.807) is 51.4 Å². The van der Waals surface area contributed by atoms with Crippen LogP contribution in [0.15, 0.2) is 24.3 Å². The number of carboxylic acids is 1. The van der Waals surface area contributed by atoms with Crippen LogP contribution >= 0.6 is 0 Å². The summed E-state index contributed by atoms with van der Waals surface area (Å²) in [4.78, 5) is 10.2. The van der Waals surface area contributed by atoms with Gasteiger partial charge in [-0.05, 0) is 128 Å². The average Bonchev–Trinajstić information content (AvgIpc) is 3.21. The lowest BCUT2D eigenvalue weighted by atomic mass is 9.44. The topological polar surface area (TPSA) is 57.5 Å². The van der Waals surface area contributed by atoms with Crippen LogP contribution in [-0.2, 0) is 0 Å². The average molecular weight is 511 g/mol. The first kappa shape index (κ1) is 28.5. The third-order valence-corrected chi connectivity index (χ3v) is 11.9. The van der Waals surface area contributed by atoms with E-state index >= 15 is 0 Å². The van der Waals surface area contributed by atoms with Crippen LogP contribution in [0.2, 0.25) is 0 Å². The fourth-order valence-electron chi connectivity index (χ4n) is 9.92. The lowest BCUT2D eigenvalue weighted by Crippen LogP contribution is -2.53. The van der Waals surface area contributed by atoms with Gasteiger partial charge in [0, 0.05) is 0 Å². The molecule has 1 aromatic carbocycles. The summed E-state index contributed by atoms with van der Waals surface area (Å²) < 4.78 is 0. The Bertz CT molecular complexity index is 891. The minimum absolute atomic E-state index is 0.0741. The Labute approximate surface area is 226 Å². The minimum atomic E-state index is -0.986. The molecule has 2 unspecified atom stereocenters. The fourth-order valence-corrected chi connectivity index (χ4v) is 9.92. The van der Waals surface area contributed by atoms with Gasteiger partial charge in [0.2, 0.25) is 0 Å². The number of phenols is 1. The van der Waals surface area contributed by atoms with Crippen LogP contribution in [0, 0.1) is 52.3 Å². The van der Waals surface area contributed by atoms with Gasteiger partial charge in [-0.3, -0.25) is 0 Å². The maximum absolute atomic E-state index is 10.2. The molecule has 0 amide bonds. The van der Waals surface area contributed by atoms with Crippen molar-refractivity contribution < 1.29 is 15.0 Å². The monoisotopic (exact) mass is 510 g/mol. The number of hydrogen-bond acceptors (Lipinski definition) is 2. The van der Waals surface area contributed by atoms with Crippen LogP contribution in [0.25, 0.3) is 0 Å². The lowest BCUT2D eigenvalue weighted by molar-refractivity contribution is -0.114. The van der Waals surface area contributed by atoms with E-state index in [1.165, 1.54) is 56.4 Å². The summed E-state index contributed by atoms with van der Waals surface area (Å²) in [5.74, 6) is 6.23. The molecule has 0 aliphatic heterocycles. The number of carboxylic acid groups (broad SMARTS) is 1. The Hall–Kier alpha value is -1.51. The smallest absolute Gasteiger partial charge is 0.335 e. The Balaban J connectivity index is 0.000000270. The van der Waals surface area contributed by atoms with Crippen molar-refractivity contribution in [1.82, 2.24) is 0 Å². The van der Waals surface area contributed by atoms with Crippen LogP contribution in [0.4, 0.5) is 0 Å². The molecule has 3 heteroatoms. The van der Waals surface area contributed by atoms with E-state index in [0.29, 0.717) is 10.8 Å². The van der Waals surface area contributed by atoms with E-state index in [-0.39, 0.29) is 11.3 Å². The molecule has 8 atom stereocenters. The van der Waals surface area contributed by atoms with Crippen LogP contribution in [0.3, 0.4) is 0 Å². The number of rotatable bonds is 6. The molecule has 4 fully saturated rings. The van der Waals surface area contributed by atoms with Crippen molar-refractivity contribution in [2.45, 2.75) is 118 Å². The van der Waals surface area contributed by atoms with Gasteiger partial charge in [-0.2, -0.15) is 0 Å². The molecule has 1 aromatic rings. The molecule has 0 saturated heterocycles. The fraction of sp³-hybridized carbons (Fsp3) is 0.794. The second kappa shape index (κ2) is 11.7. The van der Waals surface area contributed by atoms with Gasteiger partial charge in [-0.1, -0.05) is 66.7 Å². The van der Waals surface area contributed by atoms with E-state index < -0.39 is 5.97 Å². The Morgan fingerprint density at radius 3 is 2.24 bits per heavy atom. The maximum Gasteiger partial charge on any atom is 0.335 e. The van der Waals surface area contributed by atoms with Gasteiger partial charge in [-0.25, -0.2) is 4.79 Å². The zero-order valence-corrected chi connectivity index (χ0v) is 24.3. The highest BCUT2D eigenvalue weighted by Crippen LogP contribution is 2.68. The second-order valence-electron chi connectivity index (χ2n) is 14.3. The number of hydrogen-bond donors (Lipinski definition) is 2. The molecule has 0 aromatic heterocycles. The normalized spacial score (nSPS) is 37.5. The second-order valence-corrected chi connectivity index (χ2v) is 14.3. The van der Waals surface area contributed by atoms with Crippen LogP contribution < -0.4 is 0 Å². The number of carbonyl (C=O) groups is 1. The Morgan fingerprint density at radius 2 is 1.57 bits per heavy atom. The molecule has 0 spiro atoms. The van der Waals surface area contributed by atoms with Crippen molar-refractivity contribution >= 4 is 5.97 Å². The number of fused-ring (bicyclic) bond motifs is 5. The molecule has 5 rings (SSSR count). The molecule has 0 heterocycles. The third kappa shape index (κ3) is 5.91. The first-order chi connectivity index (χ1) is 17.6. The van der Waals surface area contributed by atoms with Gasteiger partial charge >= 0.3 is 5.97 Å². The molecular weight excluding hydrogens is 456 g/mol. The Morgan fingerprint density at radius 1 is 0.865 bits per heavy atom. The highest BCUT2D eigenvalue weighted by molar-refractivity contribution is 5.87. The van der Waals surface area contributed by atoms with Gasteiger partial charge < -0.3 is 10.2 Å². The highest BCUT2D eigenvalue weighted by atomic mass is 16.4. The van der Waals surface area contributed by atoms with Crippen molar-refractivity contribution in [2.75, 3.05) is 0 Å². The summed E-state index contributed by atoms with van der Waals surface area (Å²) in [7, 11) is 0. The Kier molecular flexibility index (Phi) is 9.01. The summed E-state index contributed by atoms with van der Waals surface area (Å²) in [6, 6.07) is 5.36. The predicted molar refractivity (Wildman–Crippen MR) is 153 cm³/mol. The van der Waals surface area contributed by atoms with Gasteiger partial charge in [-0.15, -0.1) is 0 Å². The summed E-state index contributed by atoms with van der Waals surface area (Å²) >= 11 is 0. The van der Waals surface area contributed by atoms with Crippen LogP contribution in [-0.4, -0.2) is 16.2 Å². The molecule has 4 saturated carbocycles. The summed E-state index contributed by atoms with van der Waals surface area (Å²) in [5.41, 5.74) is 1.57. The van der Waals surface area contributed by atoms with Gasteiger partial charge in [0.1, 0.15) is 5.75 Å². The van der Waals surface area contributed by atoms with E-state index in [9.17, 15) is 4.79 Å². The van der Waals surface area contributed by atoms with Crippen molar-refractivity contribution in [2.24, 2.45) is 52.3 Å². The molecule has 4 aliphatic carbocycles. The van der Waals surface area contributed by atoms with E-state index in [2.05, 4.69) is 34.6 Å². The maximum atomic E-state index is 10.2. The van der Waals surface area contributed by atoms with Gasteiger partial charge in [0.15, 0.2) is 0 Å². The zero-order chi connectivity index (χ0) is 26.8. The van der Waals surface area contributed by atoms with E-state index in [0.717, 1.165) is 41.4 Å². The van der Waals surface area contributed by atoms with Crippen molar-refractivity contribution in [3.05, 3.63) is 29.8 Å². The number of aromatic carboxylic acids is 1. The zero-order valence-electron chi connectivity index (χ0n) is 24.3. The first-order valence-electron chi connectivity index (χ1n) is 15.6. The van der Waals surface area contributed by atoms with Gasteiger partial charge in [0.25, 0.3) is 0 Å². The summed E-state index contributed by atoms with van der Waals surface area (Å²) in [6.45, 7) is 12.9. The number of phenolic OH excluding ortho intramolecular Hbond substituents is 1. The van der Waals surface area contributed by atoms with E-state index in [1.807, 2.05) is 0 Å². The molecule has 208 valence electrons. The quantitative estimate of drug-likeness (QED) is 0.400. The van der Waals surface area contributed by atoms with Gasteiger partial charge in [0.05, 0.1) is 5.56 Å². The molecule has 4 aliphatic rings. The molecule has 0 bridgehead atoms. The van der Waals surface area contributed by atoms with Crippen LogP contribution in [0.5, 0.6) is 5.75 Å². The lowest BCUT2D eigenvalue weighted by Gasteiger charge is -2.61. The summed E-state index contributed by atoms with van der Waals surface area (Å²) in [6.07, 6.45) is 19.9. The van der Waals surface area contributed by atoms with Crippen molar-refractivity contribution in [1.29, 1.82) is 0 Å². The first-order valence-corrected chi connectivity index (χ1v) is 15.6. The van der Waals surface area contributed by atoms with Crippen molar-refractivity contribution in [3.8, 4) is 5.75 Å². The third-order valence-electron chi connectivity index (χ3n) is 11.9. The molecule has 2 N–H and O–H groups in total. The molecular formula is C34H54O3. The molecule has 3 nitrogen and oxygen atoms in total. The SMILES string of the molecule is CC(C)CCCC(C)[C@H]1CC[C@H]2[C@@H]3CCC4CCCC[C@]4(C)[C@H]3CC[C@]12C.O=C(O)c1ccc(O)cc1. The van der Waals surface area contributed by atoms with Crippen molar-refractivity contribution in [3.63, 3.8) is 0 Å². The number of benzene rings is 1. The van der Waals surface area contributed by atoms with Crippen LogP contribution in [0.1, 0.15) is 128 Å². The largest absolute Gasteiger partial charge is 0.508 e. The minimum Gasteiger partial charge on any atom is -0.508 e.